The predicted molar refractivity (Wildman–Crippen MR) is 42.2 cm³/mol. The average molecular weight is 214 g/mol. The molecule has 54 valence electrons. The SMILES string of the molecule is OC1CCC(Br)CC1Cl. The molecule has 0 bridgehead atoms. The lowest BCUT2D eigenvalue weighted by atomic mass is 9.97. The third-order valence-electron chi connectivity index (χ3n) is 1.67. The molecular weight excluding hydrogens is 203 g/mol. The number of hydrogen-bond donors (Lipinski definition) is 1. The van der Waals surface area contributed by atoms with Crippen molar-refractivity contribution >= 4 is 27.5 Å². The smallest absolute Gasteiger partial charge is 0.0704 e. The van der Waals surface area contributed by atoms with Gasteiger partial charge in [0.05, 0.1) is 11.5 Å². The number of hydrogen-bond acceptors (Lipinski definition) is 1. The summed E-state index contributed by atoms with van der Waals surface area (Å²) in [5.41, 5.74) is 0. The fourth-order valence-electron chi connectivity index (χ4n) is 1.05. The van der Waals surface area contributed by atoms with E-state index in [-0.39, 0.29) is 11.5 Å². The highest BCUT2D eigenvalue weighted by molar-refractivity contribution is 9.09. The molecular formula is C6H10BrClO. The molecule has 1 fully saturated rings. The number of alkyl halides is 2. The Morgan fingerprint density at radius 3 is 2.56 bits per heavy atom. The summed E-state index contributed by atoms with van der Waals surface area (Å²) in [5.74, 6) is 0. The van der Waals surface area contributed by atoms with Gasteiger partial charge in [0.25, 0.3) is 0 Å². The van der Waals surface area contributed by atoms with Gasteiger partial charge in [0.1, 0.15) is 0 Å². The van der Waals surface area contributed by atoms with Crippen molar-refractivity contribution in [2.45, 2.75) is 35.6 Å². The molecule has 0 aromatic carbocycles. The van der Waals surface area contributed by atoms with Gasteiger partial charge in [-0.15, -0.1) is 11.6 Å². The topological polar surface area (TPSA) is 20.2 Å². The van der Waals surface area contributed by atoms with E-state index in [9.17, 15) is 0 Å². The minimum atomic E-state index is -0.277. The van der Waals surface area contributed by atoms with Crippen molar-refractivity contribution in [3.63, 3.8) is 0 Å². The van der Waals surface area contributed by atoms with E-state index in [4.69, 9.17) is 16.7 Å². The summed E-state index contributed by atoms with van der Waals surface area (Å²) in [6.45, 7) is 0. The van der Waals surface area contributed by atoms with Gasteiger partial charge in [-0.25, -0.2) is 0 Å². The van der Waals surface area contributed by atoms with Crippen LogP contribution in [0.2, 0.25) is 0 Å². The zero-order valence-electron chi connectivity index (χ0n) is 5.06. The molecule has 3 heteroatoms. The van der Waals surface area contributed by atoms with Gasteiger partial charge in [-0.05, 0) is 19.3 Å². The highest BCUT2D eigenvalue weighted by Gasteiger charge is 2.25. The van der Waals surface area contributed by atoms with Crippen LogP contribution >= 0.6 is 27.5 Å². The van der Waals surface area contributed by atoms with Crippen LogP contribution < -0.4 is 0 Å². The van der Waals surface area contributed by atoms with E-state index < -0.39 is 0 Å². The van der Waals surface area contributed by atoms with Crippen LogP contribution in [0, 0.1) is 0 Å². The second-order valence-electron chi connectivity index (χ2n) is 2.49. The largest absolute Gasteiger partial charge is 0.392 e. The van der Waals surface area contributed by atoms with E-state index >= 15 is 0 Å². The maximum atomic E-state index is 9.14. The lowest BCUT2D eigenvalue weighted by molar-refractivity contribution is 0.137. The van der Waals surface area contributed by atoms with E-state index in [1.54, 1.807) is 0 Å². The minimum Gasteiger partial charge on any atom is -0.392 e. The molecule has 0 aromatic rings. The molecule has 0 aliphatic heterocycles. The highest BCUT2D eigenvalue weighted by Crippen LogP contribution is 2.27. The van der Waals surface area contributed by atoms with Crippen molar-refractivity contribution in [1.29, 1.82) is 0 Å². The number of rotatable bonds is 0. The minimum absolute atomic E-state index is 0.0388. The molecule has 3 atom stereocenters. The maximum Gasteiger partial charge on any atom is 0.0704 e. The molecule has 0 radical (unpaired) electrons. The Bertz CT molecular complexity index is 99.1. The van der Waals surface area contributed by atoms with Crippen LogP contribution in [0.25, 0.3) is 0 Å². The van der Waals surface area contributed by atoms with Gasteiger partial charge in [-0.3, -0.25) is 0 Å². The number of aliphatic hydroxyl groups is 1. The van der Waals surface area contributed by atoms with E-state index in [0.717, 1.165) is 19.3 Å². The molecule has 1 N–H and O–H groups in total. The van der Waals surface area contributed by atoms with Crippen molar-refractivity contribution in [1.82, 2.24) is 0 Å². The van der Waals surface area contributed by atoms with Crippen LogP contribution in [0.5, 0.6) is 0 Å². The van der Waals surface area contributed by atoms with Crippen LogP contribution in [0.15, 0.2) is 0 Å². The zero-order valence-corrected chi connectivity index (χ0v) is 7.40. The van der Waals surface area contributed by atoms with E-state index in [0.29, 0.717) is 4.83 Å². The van der Waals surface area contributed by atoms with Crippen molar-refractivity contribution in [3.8, 4) is 0 Å². The average Bonchev–Trinajstić information content (AvgIpc) is 1.80. The summed E-state index contributed by atoms with van der Waals surface area (Å²) in [5, 5.41) is 9.10. The first kappa shape index (κ1) is 7.83. The van der Waals surface area contributed by atoms with Gasteiger partial charge in [0, 0.05) is 4.83 Å². The third-order valence-corrected chi connectivity index (χ3v) is 2.97. The summed E-state index contributed by atoms with van der Waals surface area (Å²) in [7, 11) is 0. The van der Waals surface area contributed by atoms with Gasteiger partial charge in [0.2, 0.25) is 0 Å². The molecule has 0 aromatic heterocycles. The van der Waals surface area contributed by atoms with Crippen LogP contribution in [-0.2, 0) is 0 Å². The van der Waals surface area contributed by atoms with Crippen LogP contribution in [0.4, 0.5) is 0 Å². The molecule has 0 spiro atoms. The van der Waals surface area contributed by atoms with Gasteiger partial charge in [-0.1, -0.05) is 15.9 Å². The summed E-state index contributed by atoms with van der Waals surface area (Å²) in [6, 6.07) is 0. The Balaban J connectivity index is 2.35. The lowest BCUT2D eigenvalue weighted by Crippen LogP contribution is -2.29. The van der Waals surface area contributed by atoms with E-state index in [1.165, 1.54) is 0 Å². The molecule has 1 aliphatic carbocycles. The molecule has 0 amide bonds. The Labute approximate surface area is 68.5 Å². The fourth-order valence-corrected chi connectivity index (χ4v) is 2.28. The fraction of sp³-hybridized carbons (Fsp3) is 1.00. The summed E-state index contributed by atoms with van der Waals surface area (Å²) >= 11 is 9.24. The lowest BCUT2D eigenvalue weighted by Gasteiger charge is -2.25. The molecule has 0 saturated heterocycles. The Kier molecular flexibility index (Phi) is 2.80. The molecule has 9 heavy (non-hydrogen) atoms. The molecule has 1 rings (SSSR count). The molecule has 1 saturated carbocycles. The van der Waals surface area contributed by atoms with Crippen molar-refractivity contribution in [2.24, 2.45) is 0 Å². The van der Waals surface area contributed by atoms with Gasteiger partial charge < -0.3 is 5.11 Å². The monoisotopic (exact) mass is 212 g/mol. The zero-order chi connectivity index (χ0) is 6.85. The molecule has 0 heterocycles. The van der Waals surface area contributed by atoms with Crippen molar-refractivity contribution in [3.05, 3.63) is 0 Å². The van der Waals surface area contributed by atoms with Crippen molar-refractivity contribution in [2.75, 3.05) is 0 Å². The predicted octanol–water partition coefficient (Wildman–Crippen LogP) is 1.90. The van der Waals surface area contributed by atoms with Crippen molar-refractivity contribution < 1.29 is 5.11 Å². The third kappa shape index (κ3) is 2.10. The standard InChI is InChI=1S/C6H10BrClO/c7-4-1-2-6(9)5(8)3-4/h4-6,9H,1-3H2. The Morgan fingerprint density at radius 1 is 1.44 bits per heavy atom. The summed E-state index contributed by atoms with van der Waals surface area (Å²) in [4.78, 5) is 0.517. The van der Waals surface area contributed by atoms with E-state index in [2.05, 4.69) is 15.9 Å². The van der Waals surface area contributed by atoms with Crippen LogP contribution in [0.1, 0.15) is 19.3 Å². The molecule has 1 nitrogen and oxygen atoms in total. The Morgan fingerprint density at radius 2 is 2.11 bits per heavy atom. The number of aliphatic hydroxyl groups excluding tert-OH is 1. The van der Waals surface area contributed by atoms with Gasteiger partial charge in [-0.2, -0.15) is 0 Å². The van der Waals surface area contributed by atoms with Crippen LogP contribution in [0.3, 0.4) is 0 Å². The summed E-state index contributed by atoms with van der Waals surface area (Å²) < 4.78 is 0. The normalized spacial score (nSPS) is 45.0. The first-order valence-corrected chi connectivity index (χ1v) is 4.51. The second kappa shape index (κ2) is 3.22. The van der Waals surface area contributed by atoms with Gasteiger partial charge in [0.15, 0.2) is 0 Å². The first-order valence-electron chi connectivity index (χ1n) is 3.16. The highest BCUT2D eigenvalue weighted by atomic mass is 79.9. The number of halogens is 2. The Hall–Kier alpha value is 0.730. The second-order valence-corrected chi connectivity index (χ2v) is 4.35. The van der Waals surface area contributed by atoms with E-state index in [1.807, 2.05) is 0 Å². The van der Waals surface area contributed by atoms with Crippen LogP contribution in [-0.4, -0.2) is 21.4 Å². The summed E-state index contributed by atoms with van der Waals surface area (Å²) in [6.07, 6.45) is 2.50. The quantitative estimate of drug-likeness (QED) is 0.610. The first-order chi connectivity index (χ1) is 4.20. The maximum absolute atomic E-state index is 9.14. The molecule has 3 unspecified atom stereocenters. The molecule has 1 aliphatic rings. The van der Waals surface area contributed by atoms with Gasteiger partial charge >= 0.3 is 0 Å².